The van der Waals surface area contributed by atoms with Crippen LogP contribution in [0.15, 0.2) is 40.1 Å². The topological polar surface area (TPSA) is 93.7 Å². The van der Waals surface area contributed by atoms with Crippen molar-refractivity contribution in [3.63, 3.8) is 0 Å². The molecule has 0 fully saturated rings. The van der Waals surface area contributed by atoms with Gasteiger partial charge < -0.3 is 14.8 Å². The summed E-state index contributed by atoms with van der Waals surface area (Å²) in [5.74, 6) is 0.820. The molecule has 150 valence electrons. The third-order valence-electron chi connectivity index (χ3n) is 4.21. The number of hydrogen-bond donors (Lipinski definition) is 2. The van der Waals surface area contributed by atoms with Gasteiger partial charge in [-0.1, -0.05) is 13.0 Å². The minimum absolute atomic E-state index is 0.0531. The number of sulfonamides is 1. The second-order valence-electron chi connectivity index (χ2n) is 6.13. The monoisotopic (exact) mass is 422 g/mol. The lowest BCUT2D eigenvalue weighted by atomic mass is 10.1. The Bertz CT molecular complexity index is 1010. The number of carbonyl (C=O) groups is 1. The number of benzene rings is 2. The third kappa shape index (κ3) is 4.26. The van der Waals surface area contributed by atoms with Crippen LogP contribution in [0, 0.1) is 6.92 Å². The SMILES string of the molecule is CCNS(=O)(=O)c1ccc(C)c(C(=O)Nc2cc3c(cc2SC)OCCO3)c1. The molecule has 0 spiro atoms. The van der Waals surface area contributed by atoms with Gasteiger partial charge in [-0.05, 0) is 36.9 Å². The van der Waals surface area contributed by atoms with E-state index in [1.165, 1.54) is 23.9 Å². The first-order chi connectivity index (χ1) is 13.4. The average Bonchev–Trinajstić information content (AvgIpc) is 2.67. The van der Waals surface area contributed by atoms with Crippen molar-refractivity contribution >= 4 is 33.4 Å². The largest absolute Gasteiger partial charge is 0.486 e. The van der Waals surface area contributed by atoms with E-state index in [9.17, 15) is 13.2 Å². The Kier molecular flexibility index (Phi) is 6.17. The Labute approximate surface area is 168 Å². The van der Waals surface area contributed by atoms with Crippen LogP contribution in [0.2, 0.25) is 0 Å². The molecule has 3 rings (SSSR count). The van der Waals surface area contributed by atoms with E-state index in [4.69, 9.17) is 9.47 Å². The first-order valence-electron chi connectivity index (χ1n) is 8.75. The second kappa shape index (κ2) is 8.42. The average molecular weight is 423 g/mol. The fraction of sp³-hybridized carbons (Fsp3) is 0.316. The van der Waals surface area contributed by atoms with Gasteiger partial charge in [0.2, 0.25) is 10.0 Å². The number of rotatable bonds is 6. The summed E-state index contributed by atoms with van der Waals surface area (Å²) in [5, 5.41) is 2.87. The molecule has 2 aromatic carbocycles. The quantitative estimate of drug-likeness (QED) is 0.695. The number of fused-ring (bicyclic) bond motifs is 1. The number of ether oxygens (including phenoxy) is 2. The lowest BCUT2D eigenvalue weighted by Crippen LogP contribution is -2.24. The van der Waals surface area contributed by atoms with E-state index in [2.05, 4.69) is 10.0 Å². The fourth-order valence-corrected chi connectivity index (χ4v) is 4.43. The number of nitrogens with one attached hydrogen (secondary N) is 2. The summed E-state index contributed by atoms with van der Waals surface area (Å²) in [5.41, 5.74) is 1.55. The van der Waals surface area contributed by atoms with Crippen molar-refractivity contribution in [2.45, 2.75) is 23.6 Å². The Morgan fingerprint density at radius 3 is 2.46 bits per heavy atom. The van der Waals surface area contributed by atoms with E-state index in [1.54, 1.807) is 26.0 Å². The van der Waals surface area contributed by atoms with Crippen LogP contribution >= 0.6 is 11.8 Å². The summed E-state index contributed by atoms with van der Waals surface area (Å²) in [6.07, 6.45) is 1.90. The van der Waals surface area contributed by atoms with Crippen LogP contribution in [-0.2, 0) is 10.0 Å². The van der Waals surface area contributed by atoms with E-state index in [0.29, 0.717) is 41.5 Å². The minimum Gasteiger partial charge on any atom is -0.486 e. The molecule has 0 aromatic heterocycles. The van der Waals surface area contributed by atoms with Gasteiger partial charge in [0.15, 0.2) is 11.5 Å². The van der Waals surface area contributed by atoms with Crippen molar-refractivity contribution < 1.29 is 22.7 Å². The van der Waals surface area contributed by atoms with Crippen molar-refractivity contribution in [1.82, 2.24) is 4.72 Å². The number of anilines is 1. The number of thioether (sulfide) groups is 1. The molecule has 0 atom stereocenters. The molecular weight excluding hydrogens is 400 g/mol. The van der Waals surface area contributed by atoms with Gasteiger partial charge in [0, 0.05) is 23.1 Å². The Morgan fingerprint density at radius 1 is 1.14 bits per heavy atom. The summed E-state index contributed by atoms with van der Waals surface area (Å²) in [4.78, 5) is 13.8. The zero-order valence-electron chi connectivity index (χ0n) is 15.9. The molecule has 2 N–H and O–H groups in total. The standard InChI is InChI=1S/C19H22N2O5S2/c1-4-20-28(23,24)13-6-5-12(2)14(9-13)19(22)21-15-10-16-17(11-18(15)27-3)26-8-7-25-16/h5-6,9-11,20H,4,7-8H2,1-3H3,(H,21,22). The van der Waals surface area contributed by atoms with Crippen molar-refractivity contribution in [3.8, 4) is 11.5 Å². The molecule has 1 amide bonds. The maximum atomic E-state index is 12.9. The van der Waals surface area contributed by atoms with Gasteiger partial charge in [0.05, 0.1) is 10.6 Å². The van der Waals surface area contributed by atoms with Crippen LogP contribution in [0.3, 0.4) is 0 Å². The zero-order valence-corrected chi connectivity index (χ0v) is 17.5. The molecule has 9 heteroatoms. The maximum Gasteiger partial charge on any atom is 0.256 e. The van der Waals surface area contributed by atoms with Crippen LogP contribution in [0.4, 0.5) is 5.69 Å². The number of carbonyl (C=O) groups excluding carboxylic acids is 1. The highest BCUT2D eigenvalue weighted by Crippen LogP contribution is 2.39. The van der Waals surface area contributed by atoms with E-state index < -0.39 is 15.9 Å². The lowest BCUT2D eigenvalue weighted by molar-refractivity contribution is 0.102. The molecule has 0 saturated carbocycles. The smallest absolute Gasteiger partial charge is 0.256 e. The van der Waals surface area contributed by atoms with Gasteiger partial charge in [-0.2, -0.15) is 0 Å². The van der Waals surface area contributed by atoms with Crippen molar-refractivity contribution in [3.05, 3.63) is 41.5 Å². The third-order valence-corrected chi connectivity index (χ3v) is 6.53. The number of aryl methyl sites for hydroxylation is 1. The highest BCUT2D eigenvalue weighted by molar-refractivity contribution is 7.98. The maximum absolute atomic E-state index is 12.9. The molecule has 0 aliphatic carbocycles. The molecule has 7 nitrogen and oxygen atoms in total. The highest BCUT2D eigenvalue weighted by Gasteiger charge is 2.20. The number of amides is 1. The highest BCUT2D eigenvalue weighted by atomic mass is 32.2. The van der Waals surface area contributed by atoms with Crippen LogP contribution in [-0.4, -0.2) is 40.3 Å². The van der Waals surface area contributed by atoms with Gasteiger partial charge in [0.25, 0.3) is 5.91 Å². The predicted molar refractivity (Wildman–Crippen MR) is 109 cm³/mol. The molecule has 0 bridgehead atoms. The molecule has 1 aliphatic rings. The first-order valence-corrected chi connectivity index (χ1v) is 11.5. The molecule has 0 radical (unpaired) electrons. The van der Waals surface area contributed by atoms with E-state index in [-0.39, 0.29) is 11.4 Å². The first kappa shape index (κ1) is 20.5. The summed E-state index contributed by atoms with van der Waals surface area (Å²) in [6.45, 7) is 4.66. The normalized spacial score (nSPS) is 13.2. The zero-order chi connectivity index (χ0) is 20.3. The Balaban J connectivity index is 1.93. The van der Waals surface area contributed by atoms with Gasteiger partial charge >= 0.3 is 0 Å². The summed E-state index contributed by atoms with van der Waals surface area (Å²) >= 11 is 1.47. The van der Waals surface area contributed by atoms with Crippen LogP contribution in [0.1, 0.15) is 22.8 Å². The minimum atomic E-state index is -3.65. The molecule has 28 heavy (non-hydrogen) atoms. The van der Waals surface area contributed by atoms with E-state index in [1.807, 2.05) is 12.3 Å². The van der Waals surface area contributed by atoms with Gasteiger partial charge in [-0.15, -0.1) is 11.8 Å². The Morgan fingerprint density at radius 2 is 1.82 bits per heavy atom. The second-order valence-corrected chi connectivity index (χ2v) is 8.74. The summed E-state index contributed by atoms with van der Waals surface area (Å²) < 4.78 is 38.1. The molecule has 1 heterocycles. The van der Waals surface area contributed by atoms with Gasteiger partial charge in [-0.25, -0.2) is 13.1 Å². The van der Waals surface area contributed by atoms with E-state index in [0.717, 1.165) is 4.90 Å². The summed E-state index contributed by atoms with van der Waals surface area (Å²) in [6, 6.07) is 8.06. The lowest BCUT2D eigenvalue weighted by Gasteiger charge is -2.21. The molecule has 0 saturated heterocycles. The van der Waals surface area contributed by atoms with Crippen LogP contribution < -0.4 is 19.5 Å². The molecule has 2 aromatic rings. The van der Waals surface area contributed by atoms with Crippen molar-refractivity contribution in [1.29, 1.82) is 0 Å². The van der Waals surface area contributed by atoms with Crippen LogP contribution in [0.5, 0.6) is 11.5 Å². The molecule has 1 aliphatic heterocycles. The fourth-order valence-electron chi connectivity index (χ4n) is 2.81. The summed E-state index contributed by atoms with van der Waals surface area (Å²) in [7, 11) is -3.65. The van der Waals surface area contributed by atoms with Gasteiger partial charge in [-0.3, -0.25) is 4.79 Å². The van der Waals surface area contributed by atoms with Crippen molar-refractivity contribution in [2.24, 2.45) is 0 Å². The number of hydrogen-bond acceptors (Lipinski definition) is 6. The van der Waals surface area contributed by atoms with Crippen LogP contribution in [0.25, 0.3) is 0 Å². The predicted octanol–water partition coefficient (Wildman–Crippen LogP) is 3.04. The molecule has 0 unspecified atom stereocenters. The van der Waals surface area contributed by atoms with Crippen molar-refractivity contribution in [2.75, 3.05) is 31.3 Å². The van der Waals surface area contributed by atoms with E-state index >= 15 is 0 Å². The molecular formula is C19H22N2O5S2. The van der Waals surface area contributed by atoms with Gasteiger partial charge in [0.1, 0.15) is 13.2 Å². The Hall–Kier alpha value is -2.23.